The number of aromatic amines is 1. The first-order chi connectivity index (χ1) is 9.42. The molecule has 0 fully saturated rings. The van der Waals surface area contributed by atoms with Gasteiger partial charge in [-0.05, 0) is 24.3 Å². The third-order valence-electron chi connectivity index (χ3n) is 3.33. The van der Waals surface area contributed by atoms with E-state index in [1.54, 1.807) is 0 Å². The van der Waals surface area contributed by atoms with E-state index in [9.17, 15) is 14.7 Å². The Balaban J connectivity index is 3.00. The fourth-order valence-corrected chi connectivity index (χ4v) is 1.96. The van der Waals surface area contributed by atoms with Crippen molar-refractivity contribution in [3.63, 3.8) is 0 Å². The Morgan fingerprint density at radius 3 is 2.50 bits per heavy atom. The van der Waals surface area contributed by atoms with Crippen molar-refractivity contribution in [2.24, 2.45) is 5.92 Å². The zero-order chi connectivity index (χ0) is 15.3. The van der Waals surface area contributed by atoms with Crippen LogP contribution < -0.4 is 10.9 Å². The van der Waals surface area contributed by atoms with Crippen molar-refractivity contribution < 1.29 is 9.90 Å². The number of hydrogen-bond donors (Lipinski definition) is 3. The van der Waals surface area contributed by atoms with E-state index < -0.39 is 17.6 Å². The summed E-state index contributed by atoms with van der Waals surface area (Å²) in [6.45, 7) is 7.66. The molecule has 1 amide bonds. The van der Waals surface area contributed by atoms with Crippen LogP contribution in [-0.2, 0) is 12.8 Å². The van der Waals surface area contributed by atoms with Crippen LogP contribution in [0.5, 0.6) is 0 Å². The second-order valence-electron chi connectivity index (χ2n) is 5.08. The summed E-state index contributed by atoms with van der Waals surface area (Å²) in [5.41, 5.74) is 1.01. The lowest BCUT2D eigenvalue weighted by Crippen LogP contribution is -2.38. The highest BCUT2D eigenvalue weighted by Crippen LogP contribution is 2.10. The number of aliphatic hydroxyl groups is 1. The predicted molar refractivity (Wildman–Crippen MR) is 76.8 cm³/mol. The number of carbonyl (C=O) groups excluding carboxylic acids is 1. The molecular weight excluding hydrogens is 258 g/mol. The molecule has 0 aliphatic rings. The van der Waals surface area contributed by atoms with Gasteiger partial charge in [-0.1, -0.05) is 27.7 Å². The van der Waals surface area contributed by atoms with Gasteiger partial charge in [0, 0.05) is 6.54 Å². The molecule has 112 valence electrons. The highest BCUT2D eigenvalue weighted by molar-refractivity contribution is 5.95. The largest absolute Gasteiger partial charge is 0.391 e. The molecule has 0 aliphatic carbocycles. The predicted octanol–water partition coefficient (Wildman–Crippen LogP) is 0.641. The lowest BCUT2D eigenvalue weighted by Gasteiger charge is -2.16. The highest BCUT2D eigenvalue weighted by atomic mass is 16.3. The fourth-order valence-electron chi connectivity index (χ4n) is 1.96. The van der Waals surface area contributed by atoms with Crippen molar-refractivity contribution in [3.8, 4) is 0 Å². The maximum absolute atomic E-state index is 12.2. The van der Waals surface area contributed by atoms with Gasteiger partial charge in [-0.25, -0.2) is 5.10 Å². The molecule has 0 radical (unpaired) electrons. The Morgan fingerprint density at radius 2 is 2.00 bits per heavy atom. The van der Waals surface area contributed by atoms with E-state index in [2.05, 4.69) is 15.5 Å². The van der Waals surface area contributed by atoms with Crippen LogP contribution in [0.1, 0.15) is 49.3 Å². The number of aromatic nitrogens is 2. The van der Waals surface area contributed by atoms with Crippen LogP contribution >= 0.6 is 0 Å². The average molecular weight is 281 g/mol. The van der Waals surface area contributed by atoms with E-state index in [1.807, 2.05) is 27.7 Å². The molecule has 1 rings (SSSR count). The zero-order valence-corrected chi connectivity index (χ0v) is 12.5. The first kappa shape index (κ1) is 16.4. The molecule has 0 saturated heterocycles. The summed E-state index contributed by atoms with van der Waals surface area (Å²) in [7, 11) is 0. The van der Waals surface area contributed by atoms with Gasteiger partial charge in [-0.15, -0.1) is 0 Å². The molecule has 1 unspecified atom stereocenters. The average Bonchev–Trinajstić information content (AvgIpc) is 2.43. The number of rotatable bonds is 6. The minimum atomic E-state index is -0.629. The van der Waals surface area contributed by atoms with Gasteiger partial charge in [0.25, 0.3) is 11.5 Å². The van der Waals surface area contributed by atoms with Gasteiger partial charge in [0.15, 0.2) is 0 Å². The van der Waals surface area contributed by atoms with Crippen LogP contribution in [0.2, 0.25) is 0 Å². The Labute approximate surface area is 118 Å². The van der Waals surface area contributed by atoms with Gasteiger partial charge in [-0.3, -0.25) is 9.59 Å². The first-order valence-corrected chi connectivity index (χ1v) is 6.98. The highest BCUT2D eigenvalue weighted by Gasteiger charge is 2.20. The van der Waals surface area contributed by atoms with E-state index in [1.165, 1.54) is 0 Å². The number of hydrogen-bond acceptors (Lipinski definition) is 4. The van der Waals surface area contributed by atoms with Crippen LogP contribution in [0, 0.1) is 5.92 Å². The molecule has 0 saturated carbocycles. The molecule has 6 nitrogen and oxygen atoms in total. The molecule has 1 aromatic heterocycles. The first-order valence-electron chi connectivity index (χ1n) is 6.98. The van der Waals surface area contributed by atoms with Gasteiger partial charge in [0.1, 0.15) is 5.56 Å². The van der Waals surface area contributed by atoms with Gasteiger partial charge in [0.2, 0.25) is 0 Å². The number of nitrogens with one attached hydrogen (secondary N) is 2. The summed E-state index contributed by atoms with van der Waals surface area (Å²) >= 11 is 0. The van der Waals surface area contributed by atoms with E-state index in [0.29, 0.717) is 18.4 Å². The molecule has 1 heterocycles. The molecule has 1 aromatic rings. The second-order valence-corrected chi connectivity index (χ2v) is 5.08. The van der Waals surface area contributed by atoms with Crippen molar-refractivity contribution >= 4 is 5.91 Å². The van der Waals surface area contributed by atoms with Crippen molar-refractivity contribution in [2.75, 3.05) is 6.54 Å². The number of aliphatic hydroxyl groups excluding tert-OH is 1. The maximum atomic E-state index is 12.2. The van der Waals surface area contributed by atoms with Crippen LogP contribution in [0.3, 0.4) is 0 Å². The molecular formula is C14H23N3O3. The Morgan fingerprint density at radius 1 is 1.35 bits per heavy atom. The van der Waals surface area contributed by atoms with Gasteiger partial charge in [-0.2, -0.15) is 5.10 Å². The molecule has 1 atom stereocenters. The van der Waals surface area contributed by atoms with Crippen molar-refractivity contribution in [3.05, 3.63) is 27.2 Å². The molecule has 0 spiro atoms. The minimum Gasteiger partial charge on any atom is -0.391 e. The smallest absolute Gasteiger partial charge is 0.277 e. The topological polar surface area (TPSA) is 95.1 Å². The van der Waals surface area contributed by atoms with Crippen LogP contribution in [0.25, 0.3) is 0 Å². The third kappa shape index (κ3) is 3.66. The Hall–Kier alpha value is -1.69. The lowest BCUT2D eigenvalue weighted by molar-refractivity contribution is 0.0869. The third-order valence-corrected chi connectivity index (χ3v) is 3.33. The Kier molecular flexibility index (Phi) is 5.88. The number of carbonyl (C=O) groups is 1. The standard InChI is InChI=1S/C14H23N3O3/c1-5-9-10(6-2)16-17-14(20)12(9)13(19)15-7-11(18)8(3)4/h8,11,18H,5-7H2,1-4H3,(H,15,19)(H,17,20). The van der Waals surface area contributed by atoms with E-state index in [-0.39, 0.29) is 18.0 Å². The Bertz CT molecular complexity index is 523. The summed E-state index contributed by atoms with van der Waals surface area (Å²) in [4.78, 5) is 24.0. The monoisotopic (exact) mass is 281 g/mol. The fraction of sp³-hybridized carbons (Fsp3) is 0.643. The van der Waals surface area contributed by atoms with Gasteiger partial charge >= 0.3 is 0 Å². The van der Waals surface area contributed by atoms with Crippen LogP contribution in [0.15, 0.2) is 4.79 Å². The summed E-state index contributed by atoms with van der Waals surface area (Å²) in [6.07, 6.45) is 0.584. The maximum Gasteiger partial charge on any atom is 0.277 e. The van der Waals surface area contributed by atoms with E-state index in [0.717, 1.165) is 5.69 Å². The van der Waals surface area contributed by atoms with Crippen LogP contribution in [-0.4, -0.2) is 33.9 Å². The quantitative estimate of drug-likeness (QED) is 0.713. The molecule has 0 bridgehead atoms. The number of amides is 1. The molecule has 6 heteroatoms. The molecule has 3 N–H and O–H groups in total. The minimum absolute atomic E-state index is 0.0443. The van der Waals surface area contributed by atoms with E-state index in [4.69, 9.17) is 0 Å². The zero-order valence-electron chi connectivity index (χ0n) is 12.5. The SMILES string of the molecule is CCc1n[nH]c(=O)c(C(=O)NCC(O)C(C)C)c1CC. The number of nitrogens with zero attached hydrogens (tertiary/aromatic N) is 1. The number of H-pyrrole nitrogens is 1. The summed E-state index contributed by atoms with van der Waals surface area (Å²) in [5.74, 6) is -0.414. The van der Waals surface area contributed by atoms with Crippen molar-refractivity contribution in [1.82, 2.24) is 15.5 Å². The molecule has 0 aromatic carbocycles. The molecule has 0 aliphatic heterocycles. The normalized spacial score (nSPS) is 12.5. The van der Waals surface area contributed by atoms with E-state index >= 15 is 0 Å². The summed E-state index contributed by atoms with van der Waals surface area (Å²) in [6, 6.07) is 0. The lowest BCUT2D eigenvalue weighted by atomic mass is 10.0. The summed E-state index contributed by atoms with van der Waals surface area (Å²) < 4.78 is 0. The van der Waals surface area contributed by atoms with Crippen molar-refractivity contribution in [1.29, 1.82) is 0 Å². The van der Waals surface area contributed by atoms with Crippen LogP contribution in [0.4, 0.5) is 0 Å². The summed E-state index contributed by atoms with van der Waals surface area (Å²) in [5, 5.41) is 18.6. The van der Waals surface area contributed by atoms with Gasteiger partial charge in [0.05, 0.1) is 11.8 Å². The number of aryl methyl sites for hydroxylation is 1. The van der Waals surface area contributed by atoms with Gasteiger partial charge < -0.3 is 10.4 Å². The van der Waals surface area contributed by atoms with Crippen molar-refractivity contribution in [2.45, 2.75) is 46.6 Å². The second kappa shape index (κ2) is 7.19. The molecule has 20 heavy (non-hydrogen) atoms.